The summed E-state index contributed by atoms with van der Waals surface area (Å²) in [7, 11) is 1.60. The number of aryl methyl sites for hydroxylation is 1. The minimum Gasteiger partial charge on any atom is -0.481 e. The third kappa shape index (κ3) is 2.69. The summed E-state index contributed by atoms with van der Waals surface area (Å²) < 4.78 is 7.09. The normalized spacial score (nSPS) is 11.0. The van der Waals surface area contributed by atoms with Gasteiger partial charge in [0.05, 0.1) is 19.5 Å². The van der Waals surface area contributed by atoms with Gasteiger partial charge in [0.2, 0.25) is 5.88 Å². The zero-order chi connectivity index (χ0) is 14.8. The summed E-state index contributed by atoms with van der Waals surface area (Å²) in [6, 6.07) is 5.83. The van der Waals surface area contributed by atoms with Crippen LogP contribution < -0.4 is 4.74 Å². The van der Waals surface area contributed by atoms with E-state index in [2.05, 4.69) is 15.0 Å². The fourth-order valence-electron chi connectivity index (χ4n) is 2.23. The Morgan fingerprint density at radius 3 is 2.76 bits per heavy atom. The number of methoxy groups -OCH3 is 1. The maximum atomic E-state index is 6.01. The summed E-state index contributed by atoms with van der Waals surface area (Å²) in [4.78, 5) is 13.2. The van der Waals surface area contributed by atoms with Gasteiger partial charge in [-0.25, -0.2) is 15.0 Å². The quantitative estimate of drug-likeness (QED) is 0.695. The lowest BCUT2D eigenvalue weighted by atomic mass is 10.2. The van der Waals surface area contributed by atoms with Gasteiger partial charge < -0.3 is 9.30 Å². The van der Waals surface area contributed by atoms with Crippen molar-refractivity contribution >= 4 is 22.8 Å². The summed E-state index contributed by atoms with van der Waals surface area (Å²) in [5.74, 6) is 1.75. The van der Waals surface area contributed by atoms with Crippen LogP contribution in [0.5, 0.6) is 5.88 Å². The van der Waals surface area contributed by atoms with Crippen LogP contribution in [-0.4, -0.2) is 26.6 Å². The first-order chi connectivity index (χ1) is 10.2. The molecule has 3 aromatic heterocycles. The second kappa shape index (κ2) is 5.69. The van der Waals surface area contributed by atoms with E-state index in [1.165, 1.54) is 0 Å². The molecule has 0 bridgehead atoms. The van der Waals surface area contributed by atoms with Crippen molar-refractivity contribution in [1.29, 1.82) is 0 Å². The summed E-state index contributed by atoms with van der Waals surface area (Å²) in [5, 5.41) is 0. The van der Waals surface area contributed by atoms with Gasteiger partial charge in [-0.15, -0.1) is 11.6 Å². The smallest absolute Gasteiger partial charge is 0.212 e. The van der Waals surface area contributed by atoms with Crippen molar-refractivity contribution < 1.29 is 4.74 Å². The van der Waals surface area contributed by atoms with Crippen molar-refractivity contribution in [2.45, 2.75) is 19.3 Å². The first-order valence-corrected chi connectivity index (χ1v) is 7.11. The molecule has 0 saturated carbocycles. The molecular formula is C15H15ClN4O. The van der Waals surface area contributed by atoms with Gasteiger partial charge in [-0.05, 0) is 24.1 Å². The minimum atomic E-state index is 0.346. The fraction of sp³-hybridized carbons (Fsp3) is 0.267. The van der Waals surface area contributed by atoms with E-state index in [0.29, 0.717) is 18.3 Å². The number of alkyl halides is 1. The highest BCUT2D eigenvalue weighted by Crippen LogP contribution is 2.19. The average molecular weight is 303 g/mol. The highest BCUT2D eigenvalue weighted by molar-refractivity contribution is 6.16. The van der Waals surface area contributed by atoms with Gasteiger partial charge in [0.25, 0.3) is 0 Å². The Labute approximate surface area is 127 Å². The van der Waals surface area contributed by atoms with Crippen molar-refractivity contribution in [2.24, 2.45) is 0 Å². The highest BCUT2D eigenvalue weighted by atomic mass is 35.5. The molecule has 3 rings (SSSR count). The number of nitrogens with zero attached hydrogens (tertiary/aromatic N) is 4. The molecule has 0 aromatic carbocycles. The molecular weight excluding hydrogens is 288 g/mol. The standard InChI is InChI=1S/C15H15ClN4O/c1-10-5-12-15(18-7-10)20(13(6-16)19-12)9-11-3-4-14(21-2)17-8-11/h3-5,7-8H,6,9H2,1-2H3. The number of rotatable bonds is 4. The monoisotopic (exact) mass is 302 g/mol. The van der Waals surface area contributed by atoms with E-state index in [1.54, 1.807) is 13.3 Å². The van der Waals surface area contributed by atoms with Gasteiger partial charge in [0.1, 0.15) is 11.3 Å². The predicted molar refractivity (Wildman–Crippen MR) is 81.7 cm³/mol. The van der Waals surface area contributed by atoms with E-state index in [4.69, 9.17) is 16.3 Å². The summed E-state index contributed by atoms with van der Waals surface area (Å²) in [5.41, 5.74) is 3.84. The molecule has 0 aliphatic heterocycles. The molecule has 3 heterocycles. The molecule has 0 radical (unpaired) electrons. The number of aromatic nitrogens is 4. The van der Waals surface area contributed by atoms with Crippen LogP contribution in [0.1, 0.15) is 17.0 Å². The van der Waals surface area contributed by atoms with Crippen LogP contribution in [0.25, 0.3) is 11.2 Å². The van der Waals surface area contributed by atoms with E-state index in [1.807, 2.05) is 35.9 Å². The lowest BCUT2D eigenvalue weighted by Gasteiger charge is -2.07. The van der Waals surface area contributed by atoms with E-state index >= 15 is 0 Å². The van der Waals surface area contributed by atoms with Gasteiger partial charge in [0.15, 0.2) is 5.65 Å². The molecule has 0 saturated heterocycles. The molecule has 3 aromatic rings. The largest absolute Gasteiger partial charge is 0.481 e. The number of fused-ring (bicyclic) bond motifs is 1. The minimum absolute atomic E-state index is 0.346. The molecule has 5 nitrogen and oxygen atoms in total. The van der Waals surface area contributed by atoms with Crippen molar-refractivity contribution in [1.82, 2.24) is 19.5 Å². The SMILES string of the molecule is COc1ccc(Cn2c(CCl)nc3cc(C)cnc32)cn1. The summed E-state index contributed by atoms with van der Waals surface area (Å²) in [6.45, 7) is 2.63. The molecule has 108 valence electrons. The molecule has 0 N–H and O–H groups in total. The van der Waals surface area contributed by atoms with Crippen molar-refractivity contribution in [3.05, 3.63) is 47.5 Å². The van der Waals surface area contributed by atoms with Crippen LogP contribution in [0.3, 0.4) is 0 Å². The maximum absolute atomic E-state index is 6.01. The van der Waals surface area contributed by atoms with Crippen LogP contribution in [0.2, 0.25) is 0 Å². The molecule has 0 atom stereocenters. The van der Waals surface area contributed by atoms with Gasteiger partial charge in [-0.3, -0.25) is 0 Å². The Balaban J connectivity index is 2.01. The Bertz CT molecular complexity index is 767. The van der Waals surface area contributed by atoms with Crippen molar-refractivity contribution in [2.75, 3.05) is 7.11 Å². The molecule has 0 aliphatic carbocycles. The van der Waals surface area contributed by atoms with Gasteiger partial charge in [-0.2, -0.15) is 0 Å². The van der Waals surface area contributed by atoms with Crippen LogP contribution in [0.4, 0.5) is 0 Å². The molecule has 21 heavy (non-hydrogen) atoms. The van der Waals surface area contributed by atoms with E-state index in [-0.39, 0.29) is 0 Å². The fourth-order valence-corrected chi connectivity index (χ4v) is 2.44. The number of hydrogen-bond donors (Lipinski definition) is 0. The van der Waals surface area contributed by atoms with E-state index < -0.39 is 0 Å². The second-order valence-electron chi connectivity index (χ2n) is 4.81. The first kappa shape index (κ1) is 13.8. The third-order valence-corrected chi connectivity index (χ3v) is 3.51. The van der Waals surface area contributed by atoms with Crippen molar-refractivity contribution in [3.8, 4) is 5.88 Å². The van der Waals surface area contributed by atoms with E-state index in [9.17, 15) is 0 Å². The van der Waals surface area contributed by atoms with Gasteiger partial charge in [-0.1, -0.05) is 6.07 Å². The molecule has 0 fully saturated rings. The van der Waals surface area contributed by atoms with Crippen LogP contribution in [-0.2, 0) is 12.4 Å². The third-order valence-electron chi connectivity index (χ3n) is 3.27. The number of imidazole rings is 1. The summed E-state index contributed by atoms with van der Waals surface area (Å²) >= 11 is 6.01. The Hall–Kier alpha value is -2.14. The van der Waals surface area contributed by atoms with Crippen LogP contribution >= 0.6 is 11.6 Å². The predicted octanol–water partition coefficient (Wildman–Crippen LogP) is 2.93. The Morgan fingerprint density at radius 1 is 1.24 bits per heavy atom. The first-order valence-electron chi connectivity index (χ1n) is 6.58. The topological polar surface area (TPSA) is 52.8 Å². The molecule has 0 aliphatic rings. The number of ether oxygens (including phenoxy) is 1. The number of pyridine rings is 2. The van der Waals surface area contributed by atoms with E-state index in [0.717, 1.165) is 28.1 Å². The Kier molecular flexibility index (Phi) is 3.75. The molecule has 0 amide bonds. The Morgan fingerprint density at radius 2 is 2.10 bits per heavy atom. The zero-order valence-electron chi connectivity index (χ0n) is 11.9. The molecule has 0 unspecified atom stereocenters. The second-order valence-corrected chi connectivity index (χ2v) is 5.08. The average Bonchev–Trinajstić information content (AvgIpc) is 2.85. The van der Waals surface area contributed by atoms with Crippen molar-refractivity contribution in [3.63, 3.8) is 0 Å². The number of halogens is 1. The lowest BCUT2D eigenvalue weighted by Crippen LogP contribution is -2.05. The molecule has 0 spiro atoms. The maximum Gasteiger partial charge on any atom is 0.212 e. The van der Waals surface area contributed by atoms with Gasteiger partial charge in [0, 0.05) is 18.5 Å². The van der Waals surface area contributed by atoms with Gasteiger partial charge >= 0.3 is 0 Å². The van der Waals surface area contributed by atoms with Crippen LogP contribution in [0.15, 0.2) is 30.6 Å². The number of hydrogen-bond acceptors (Lipinski definition) is 4. The zero-order valence-corrected chi connectivity index (χ0v) is 12.6. The molecule has 6 heteroatoms. The lowest BCUT2D eigenvalue weighted by molar-refractivity contribution is 0.397. The summed E-state index contributed by atoms with van der Waals surface area (Å²) in [6.07, 6.45) is 3.63. The van der Waals surface area contributed by atoms with Crippen LogP contribution in [0, 0.1) is 6.92 Å². The highest BCUT2D eigenvalue weighted by Gasteiger charge is 2.12.